The lowest BCUT2D eigenvalue weighted by Crippen LogP contribution is -2.44. The Bertz CT molecular complexity index is 529. The van der Waals surface area contributed by atoms with E-state index in [1.807, 2.05) is 20.8 Å². The second-order valence-electron chi connectivity index (χ2n) is 12.0. The maximum atomic E-state index is 13.0. The van der Waals surface area contributed by atoms with Crippen LogP contribution in [0.2, 0.25) is 0 Å². The molecule has 0 radical (unpaired) electrons. The van der Waals surface area contributed by atoms with E-state index >= 15 is 0 Å². The third-order valence-corrected chi connectivity index (χ3v) is 8.34. The summed E-state index contributed by atoms with van der Waals surface area (Å²) in [7, 11) is 0. The summed E-state index contributed by atoms with van der Waals surface area (Å²) in [6.45, 7) is 20.0. The van der Waals surface area contributed by atoms with Gasteiger partial charge in [-0.3, -0.25) is 0 Å². The minimum Gasteiger partial charge on any atom is -0.381 e. The summed E-state index contributed by atoms with van der Waals surface area (Å²) in [5.41, 5.74) is -3.12. The van der Waals surface area contributed by atoms with Gasteiger partial charge in [0, 0.05) is 5.92 Å². The highest BCUT2D eigenvalue weighted by Crippen LogP contribution is 2.52. The maximum absolute atomic E-state index is 13.0. The maximum Gasteiger partial charge on any atom is 0.416 e. The molecule has 0 aliphatic heterocycles. The van der Waals surface area contributed by atoms with Gasteiger partial charge in [-0.1, -0.05) is 62.3 Å². The fourth-order valence-corrected chi connectivity index (χ4v) is 3.33. The Kier molecular flexibility index (Phi) is 9.09. The van der Waals surface area contributed by atoms with Crippen LogP contribution in [0, 0.1) is 27.6 Å². The van der Waals surface area contributed by atoms with E-state index in [9.17, 15) is 23.1 Å². The quantitative estimate of drug-likeness (QED) is 0.329. The molecule has 0 aromatic carbocycles. The molecule has 0 spiro atoms. The van der Waals surface area contributed by atoms with Gasteiger partial charge in [0.05, 0.1) is 0 Å². The predicted octanol–water partition coefficient (Wildman–Crippen LogP) is 7.58. The fraction of sp³-hybridized carbons (Fsp3) is 0.958. The Balaban J connectivity index is 5.11. The van der Waals surface area contributed by atoms with Gasteiger partial charge < -0.3 is 9.90 Å². The number of rotatable bonds is 12. The zero-order chi connectivity index (χ0) is 23.5. The number of hydrogen-bond donors (Lipinski definition) is 1. The van der Waals surface area contributed by atoms with Gasteiger partial charge in [-0.15, -0.1) is 0 Å². The van der Waals surface area contributed by atoms with E-state index in [2.05, 4.69) is 41.5 Å². The molecule has 174 valence electrons. The molecule has 0 aliphatic rings. The van der Waals surface area contributed by atoms with Crippen molar-refractivity contribution in [1.29, 1.82) is 0 Å². The smallest absolute Gasteiger partial charge is 0.381 e. The van der Waals surface area contributed by atoms with Crippen LogP contribution in [0.3, 0.4) is 0 Å². The van der Waals surface area contributed by atoms with Crippen LogP contribution in [0.5, 0.6) is 0 Å². The second-order valence-corrected chi connectivity index (χ2v) is 12.0. The molecular weight excluding hydrogens is 377 g/mol. The van der Waals surface area contributed by atoms with Crippen LogP contribution in [0.25, 0.3) is 0 Å². The first-order valence-corrected chi connectivity index (χ1v) is 10.9. The lowest BCUT2D eigenvalue weighted by Gasteiger charge is -2.48. The summed E-state index contributed by atoms with van der Waals surface area (Å²) in [5.74, 6) is 0.0573. The first-order valence-electron chi connectivity index (χ1n) is 10.9. The van der Waals surface area contributed by atoms with Gasteiger partial charge in [-0.25, -0.2) is 0 Å². The highest BCUT2D eigenvalue weighted by atomic mass is 19.4. The molecule has 2 unspecified atom stereocenters. The lowest BCUT2D eigenvalue weighted by molar-refractivity contribution is -0.257. The van der Waals surface area contributed by atoms with Gasteiger partial charge in [0.1, 0.15) is 6.29 Å². The zero-order valence-electron chi connectivity index (χ0n) is 20.4. The number of alkyl halides is 3. The van der Waals surface area contributed by atoms with Crippen molar-refractivity contribution in [2.75, 3.05) is 0 Å². The third kappa shape index (κ3) is 7.56. The van der Waals surface area contributed by atoms with Gasteiger partial charge in [0.15, 0.2) is 5.60 Å². The third-order valence-electron chi connectivity index (χ3n) is 8.34. The van der Waals surface area contributed by atoms with E-state index in [1.165, 1.54) is 0 Å². The molecule has 0 aromatic heterocycles. The first-order chi connectivity index (χ1) is 12.6. The summed E-state index contributed by atoms with van der Waals surface area (Å²) in [4.78, 5) is 10.9. The van der Waals surface area contributed by atoms with Gasteiger partial charge in [0.2, 0.25) is 0 Å². The molecule has 2 nitrogen and oxygen atoms in total. The largest absolute Gasteiger partial charge is 0.416 e. The topological polar surface area (TPSA) is 37.3 Å². The molecule has 0 saturated carbocycles. The van der Waals surface area contributed by atoms with Crippen LogP contribution < -0.4 is 0 Å². The van der Waals surface area contributed by atoms with E-state index in [0.29, 0.717) is 6.42 Å². The number of aldehydes is 1. The predicted molar refractivity (Wildman–Crippen MR) is 115 cm³/mol. The van der Waals surface area contributed by atoms with Crippen molar-refractivity contribution in [3.63, 3.8) is 0 Å². The number of hydrogen-bond acceptors (Lipinski definition) is 2. The molecule has 0 saturated heterocycles. The van der Waals surface area contributed by atoms with Crippen LogP contribution in [0.4, 0.5) is 13.2 Å². The second kappa shape index (κ2) is 9.28. The van der Waals surface area contributed by atoms with Crippen LogP contribution in [-0.2, 0) is 4.79 Å². The Morgan fingerprint density at radius 2 is 1.00 bits per heavy atom. The van der Waals surface area contributed by atoms with Crippen LogP contribution in [0.15, 0.2) is 0 Å². The number of carbonyl (C=O) groups is 1. The van der Waals surface area contributed by atoms with Crippen molar-refractivity contribution in [2.45, 2.75) is 120 Å². The fourth-order valence-electron chi connectivity index (χ4n) is 3.33. The zero-order valence-corrected chi connectivity index (χ0v) is 20.4. The SMILES string of the molecule is CC(C=O)CCC(C)(C)C(C)(C)CCC(C)(C)C(C)(C)CCC(C)(O)C(F)(F)F. The Labute approximate surface area is 177 Å². The Morgan fingerprint density at radius 3 is 1.31 bits per heavy atom. The minimum atomic E-state index is -4.61. The van der Waals surface area contributed by atoms with Crippen molar-refractivity contribution in [3.8, 4) is 0 Å². The highest BCUT2D eigenvalue weighted by Gasteiger charge is 2.51. The molecular formula is C24H45F3O2. The van der Waals surface area contributed by atoms with E-state index in [4.69, 9.17) is 0 Å². The Morgan fingerprint density at radius 1 is 0.690 bits per heavy atom. The van der Waals surface area contributed by atoms with E-state index < -0.39 is 11.8 Å². The molecule has 0 bridgehead atoms. The molecule has 0 aliphatic carbocycles. The first kappa shape index (κ1) is 28.4. The van der Waals surface area contributed by atoms with Crippen molar-refractivity contribution in [1.82, 2.24) is 0 Å². The van der Waals surface area contributed by atoms with Crippen molar-refractivity contribution in [3.05, 3.63) is 0 Å². The van der Waals surface area contributed by atoms with Gasteiger partial charge in [0.25, 0.3) is 0 Å². The molecule has 29 heavy (non-hydrogen) atoms. The molecule has 0 fully saturated rings. The van der Waals surface area contributed by atoms with Gasteiger partial charge in [-0.05, 0) is 67.1 Å². The monoisotopic (exact) mass is 422 g/mol. The standard InChI is InChI=1S/C24H45F3O2/c1-18(17-28)11-12-19(2,3)20(4,5)13-14-21(6,7)22(8,9)15-16-23(10,29)24(25,26)27/h17-18,29H,11-16H2,1-10H3. The summed E-state index contributed by atoms with van der Waals surface area (Å²) in [6.07, 6.45) is 0.0377. The average Bonchev–Trinajstić information content (AvgIpc) is 2.55. The molecule has 1 N–H and O–H groups in total. The normalized spacial score (nSPS) is 17.7. The minimum absolute atomic E-state index is 0.0282. The van der Waals surface area contributed by atoms with E-state index in [1.54, 1.807) is 0 Å². The van der Waals surface area contributed by atoms with Gasteiger partial charge in [-0.2, -0.15) is 13.2 Å². The van der Waals surface area contributed by atoms with Crippen LogP contribution in [0.1, 0.15) is 108 Å². The lowest BCUT2D eigenvalue weighted by atomic mass is 9.57. The summed E-state index contributed by atoms with van der Waals surface area (Å²) in [6, 6.07) is 0. The van der Waals surface area contributed by atoms with E-state index in [0.717, 1.165) is 38.9 Å². The van der Waals surface area contributed by atoms with Crippen LogP contribution in [-0.4, -0.2) is 23.2 Å². The average molecular weight is 423 g/mol. The molecule has 5 heteroatoms. The van der Waals surface area contributed by atoms with Crippen molar-refractivity contribution in [2.24, 2.45) is 27.6 Å². The van der Waals surface area contributed by atoms with Crippen LogP contribution >= 0.6 is 0 Å². The highest BCUT2D eigenvalue weighted by molar-refractivity contribution is 5.52. The number of aliphatic hydroxyl groups is 1. The molecule has 2 atom stereocenters. The summed E-state index contributed by atoms with van der Waals surface area (Å²) in [5, 5.41) is 9.82. The summed E-state index contributed by atoms with van der Waals surface area (Å²) >= 11 is 0. The van der Waals surface area contributed by atoms with Crippen molar-refractivity contribution >= 4 is 6.29 Å². The summed E-state index contributed by atoms with van der Waals surface area (Å²) < 4.78 is 39.1. The molecule has 0 aromatic rings. The molecule has 0 heterocycles. The Hall–Kier alpha value is -0.580. The molecule has 0 amide bonds. The number of halogens is 3. The van der Waals surface area contributed by atoms with Crippen molar-refractivity contribution < 1.29 is 23.1 Å². The molecule has 0 rings (SSSR count). The van der Waals surface area contributed by atoms with Gasteiger partial charge >= 0.3 is 6.18 Å². The van der Waals surface area contributed by atoms with E-state index in [-0.39, 0.29) is 34.0 Å². The number of carbonyl (C=O) groups excluding carboxylic acids is 1.